The van der Waals surface area contributed by atoms with Gasteiger partial charge in [0.25, 0.3) is 5.91 Å². The topological polar surface area (TPSA) is 69.8 Å². The van der Waals surface area contributed by atoms with Gasteiger partial charge in [0.1, 0.15) is 0 Å². The van der Waals surface area contributed by atoms with Crippen LogP contribution in [0.2, 0.25) is 0 Å². The Labute approximate surface area is 158 Å². The predicted molar refractivity (Wildman–Crippen MR) is 103 cm³/mol. The molecular formula is C18H25ClN4OS. The molecule has 3 N–H and O–H groups in total. The molecule has 0 atom stereocenters. The van der Waals surface area contributed by atoms with Crippen LogP contribution in [0.3, 0.4) is 0 Å². The summed E-state index contributed by atoms with van der Waals surface area (Å²) in [5.41, 5.74) is 2.81. The number of carbonyl (C=O) groups excluding carboxylic acids is 1. The fourth-order valence-corrected chi connectivity index (χ4v) is 5.05. The molecule has 25 heavy (non-hydrogen) atoms. The molecule has 1 fully saturated rings. The van der Waals surface area contributed by atoms with Crippen LogP contribution >= 0.6 is 23.7 Å². The van der Waals surface area contributed by atoms with Gasteiger partial charge in [-0.15, -0.1) is 23.7 Å². The van der Waals surface area contributed by atoms with Crippen LogP contribution in [0, 0.1) is 0 Å². The highest BCUT2D eigenvalue weighted by Gasteiger charge is 2.35. The van der Waals surface area contributed by atoms with E-state index in [9.17, 15) is 4.79 Å². The van der Waals surface area contributed by atoms with Gasteiger partial charge in [-0.1, -0.05) is 25.3 Å². The molecule has 0 aromatic carbocycles. The number of nitrogens with one attached hydrogen (secondary N) is 3. The molecule has 1 amide bonds. The molecule has 1 aliphatic carbocycles. The highest BCUT2D eigenvalue weighted by Crippen LogP contribution is 2.41. The first-order chi connectivity index (χ1) is 11.8. The average molecular weight is 381 g/mol. The van der Waals surface area contributed by atoms with Crippen molar-refractivity contribution in [2.24, 2.45) is 0 Å². The van der Waals surface area contributed by atoms with E-state index in [1.165, 1.54) is 24.1 Å². The molecule has 0 saturated heterocycles. The number of hydrogen-bond acceptors (Lipinski definition) is 4. The van der Waals surface area contributed by atoms with Gasteiger partial charge in [0.15, 0.2) is 5.69 Å². The van der Waals surface area contributed by atoms with Crippen molar-refractivity contribution < 1.29 is 4.79 Å². The fourth-order valence-electron chi connectivity index (χ4n) is 4.07. The Morgan fingerprint density at radius 2 is 2.16 bits per heavy atom. The molecule has 7 heteroatoms. The van der Waals surface area contributed by atoms with Crippen molar-refractivity contribution in [3.05, 3.63) is 39.3 Å². The van der Waals surface area contributed by atoms with Gasteiger partial charge >= 0.3 is 0 Å². The predicted octanol–water partition coefficient (Wildman–Crippen LogP) is 3.17. The molecule has 3 heterocycles. The molecule has 0 spiro atoms. The number of amides is 1. The lowest BCUT2D eigenvalue weighted by Crippen LogP contribution is -2.42. The van der Waals surface area contributed by atoms with Crippen molar-refractivity contribution in [2.45, 2.75) is 50.5 Å². The van der Waals surface area contributed by atoms with E-state index in [4.69, 9.17) is 0 Å². The van der Waals surface area contributed by atoms with Crippen LogP contribution in [0.15, 0.2) is 17.5 Å². The molecule has 2 aromatic heterocycles. The van der Waals surface area contributed by atoms with Crippen molar-refractivity contribution in [3.63, 3.8) is 0 Å². The van der Waals surface area contributed by atoms with Gasteiger partial charge in [-0.05, 0) is 24.3 Å². The fraction of sp³-hybridized carbons (Fsp3) is 0.556. The van der Waals surface area contributed by atoms with Crippen LogP contribution in [0.1, 0.15) is 58.7 Å². The Morgan fingerprint density at radius 3 is 2.92 bits per heavy atom. The molecule has 0 radical (unpaired) electrons. The number of aromatic amines is 1. The highest BCUT2D eigenvalue weighted by molar-refractivity contribution is 7.10. The first-order valence-electron chi connectivity index (χ1n) is 8.87. The lowest BCUT2D eigenvalue weighted by molar-refractivity contribution is 0.0931. The molecule has 5 nitrogen and oxygen atoms in total. The molecule has 0 unspecified atom stereocenters. The summed E-state index contributed by atoms with van der Waals surface area (Å²) < 4.78 is 0. The highest BCUT2D eigenvalue weighted by atomic mass is 35.5. The van der Waals surface area contributed by atoms with Gasteiger partial charge in [-0.25, -0.2) is 0 Å². The normalized spacial score (nSPS) is 18.9. The molecule has 1 saturated carbocycles. The van der Waals surface area contributed by atoms with E-state index in [0.29, 0.717) is 12.2 Å². The number of halogens is 1. The maximum Gasteiger partial charge on any atom is 0.272 e. The minimum atomic E-state index is -0.0438. The quantitative estimate of drug-likeness (QED) is 0.763. The van der Waals surface area contributed by atoms with E-state index in [2.05, 4.69) is 38.3 Å². The zero-order chi connectivity index (χ0) is 16.4. The van der Waals surface area contributed by atoms with Crippen molar-refractivity contribution in [2.75, 3.05) is 13.1 Å². The van der Waals surface area contributed by atoms with Crippen molar-refractivity contribution >= 4 is 29.7 Å². The van der Waals surface area contributed by atoms with E-state index in [1.807, 2.05) is 11.3 Å². The van der Waals surface area contributed by atoms with E-state index >= 15 is 0 Å². The third kappa shape index (κ3) is 3.61. The lowest BCUT2D eigenvalue weighted by atomic mass is 9.73. The monoisotopic (exact) mass is 380 g/mol. The zero-order valence-corrected chi connectivity index (χ0v) is 15.9. The number of nitrogens with zero attached hydrogens (tertiary/aromatic N) is 1. The van der Waals surface area contributed by atoms with Crippen molar-refractivity contribution in [3.8, 4) is 0 Å². The second-order valence-corrected chi connectivity index (χ2v) is 7.90. The third-order valence-electron chi connectivity index (χ3n) is 5.46. The van der Waals surface area contributed by atoms with E-state index in [1.54, 1.807) is 0 Å². The summed E-state index contributed by atoms with van der Waals surface area (Å²) >= 11 is 1.82. The molecular weight excluding hydrogens is 356 g/mol. The van der Waals surface area contributed by atoms with E-state index in [0.717, 1.165) is 43.6 Å². The van der Waals surface area contributed by atoms with Crippen LogP contribution in [-0.4, -0.2) is 29.2 Å². The Balaban J connectivity index is 0.00000182. The number of fused-ring (bicyclic) bond motifs is 1. The third-order valence-corrected chi connectivity index (χ3v) is 6.58. The van der Waals surface area contributed by atoms with Crippen LogP contribution in [0.4, 0.5) is 0 Å². The van der Waals surface area contributed by atoms with E-state index in [-0.39, 0.29) is 23.7 Å². The summed E-state index contributed by atoms with van der Waals surface area (Å²) in [6, 6.07) is 4.34. The average Bonchev–Trinajstić information content (AvgIpc) is 3.30. The SMILES string of the molecule is Cl.O=C(NCC1(c2cccs2)CCCCC1)c1n[nH]c2c1CNCC2. The van der Waals surface area contributed by atoms with Gasteiger partial charge in [-0.2, -0.15) is 5.10 Å². The van der Waals surface area contributed by atoms with Crippen LogP contribution in [-0.2, 0) is 18.4 Å². The summed E-state index contributed by atoms with van der Waals surface area (Å²) in [6.07, 6.45) is 7.03. The second-order valence-electron chi connectivity index (χ2n) is 6.96. The Hall–Kier alpha value is -1.37. The number of carbonyl (C=O) groups is 1. The van der Waals surface area contributed by atoms with Gasteiger partial charge in [0, 0.05) is 47.6 Å². The van der Waals surface area contributed by atoms with Crippen LogP contribution in [0.25, 0.3) is 0 Å². The first kappa shape index (κ1) is 18.4. The van der Waals surface area contributed by atoms with Crippen LogP contribution < -0.4 is 10.6 Å². The summed E-state index contributed by atoms with van der Waals surface area (Å²) in [4.78, 5) is 14.1. The molecule has 2 aliphatic rings. The summed E-state index contributed by atoms with van der Waals surface area (Å²) in [5, 5.41) is 16.0. The smallest absolute Gasteiger partial charge is 0.272 e. The van der Waals surface area contributed by atoms with Crippen molar-refractivity contribution in [1.82, 2.24) is 20.8 Å². The molecule has 4 rings (SSSR count). The summed E-state index contributed by atoms with van der Waals surface area (Å²) in [6.45, 7) is 2.38. The second kappa shape index (κ2) is 7.89. The number of H-pyrrole nitrogens is 1. The summed E-state index contributed by atoms with van der Waals surface area (Å²) in [7, 11) is 0. The van der Waals surface area contributed by atoms with Gasteiger partial charge < -0.3 is 10.6 Å². The summed E-state index contributed by atoms with van der Waals surface area (Å²) in [5.74, 6) is -0.0438. The Bertz CT molecular complexity index is 707. The molecule has 2 aromatic rings. The minimum Gasteiger partial charge on any atom is -0.350 e. The number of rotatable bonds is 4. The Morgan fingerprint density at radius 1 is 1.32 bits per heavy atom. The number of thiophene rings is 1. The van der Waals surface area contributed by atoms with Crippen LogP contribution in [0.5, 0.6) is 0 Å². The van der Waals surface area contributed by atoms with E-state index < -0.39 is 0 Å². The standard InChI is InChI=1S/C18H24N4OS.ClH/c23-17(16-13-11-19-9-6-14(13)21-22-16)20-12-18(7-2-1-3-8-18)15-5-4-10-24-15;/h4-5,10,19H,1-3,6-9,11-12H2,(H,20,23)(H,21,22);1H. The Kier molecular flexibility index (Phi) is 5.81. The van der Waals surface area contributed by atoms with Gasteiger partial charge in [0.05, 0.1) is 0 Å². The van der Waals surface area contributed by atoms with Crippen molar-refractivity contribution in [1.29, 1.82) is 0 Å². The first-order valence-corrected chi connectivity index (χ1v) is 9.75. The number of hydrogen-bond donors (Lipinski definition) is 3. The van der Waals surface area contributed by atoms with Gasteiger partial charge in [0.2, 0.25) is 0 Å². The minimum absolute atomic E-state index is 0. The maximum absolute atomic E-state index is 12.7. The van der Waals surface area contributed by atoms with Gasteiger partial charge in [-0.3, -0.25) is 9.89 Å². The molecule has 136 valence electrons. The lowest BCUT2D eigenvalue weighted by Gasteiger charge is -2.36. The molecule has 1 aliphatic heterocycles. The maximum atomic E-state index is 12.7. The largest absolute Gasteiger partial charge is 0.350 e. The zero-order valence-electron chi connectivity index (χ0n) is 14.3. The molecule has 0 bridgehead atoms. The number of aromatic nitrogens is 2.